The Kier molecular flexibility index (Phi) is 6.55. The molecule has 0 fully saturated rings. The van der Waals surface area contributed by atoms with E-state index in [0.29, 0.717) is 22.6 Å². The minimum Gasteiger partial charge on any atom is -0.496 e. The molecule has 0 spiro atoms. The highest BCUT2D eigenvalue weighted by Crippen LogP contribution is 2.40. The minimum absolute atomic E-state index is 0.327. The molecule has 4 rings (SSSR count). The molecule has 0 radical (unpaired) electrons. The summed E-state index contributed by atoms with van der Waals surface area (Å²) in [5, 5.41) is 3.53. The predicted octanol–water partition coefficient (Wildman–Crippen LogP) is 7.36. The summed E-state index contributed by atoms with van der Waals surface area (Å²) in [6, 6.07) is 16.7. The zero-order chi connectivity index (χ0) is 25.2. The fraction of sp³-hybridized carbons (Fsp3) is 0.148. The number of amides is 1. The van der Waals surface area contributed by atoms with Crippen molar-refractivity contribution in [1.82, 2.24) is 0 Å². The molecule has 180 valence electrons. The summed E-state index contributed by atoms with van der Waals surface area (Å²) < 4.78 is 52.3. The molecule has 0 bridgehead atoms. The van der Waals surface area contributed by atoms with Gasteiger partial charge in [-0.15, -0.1) is 13.2 Å². The van der Waals surface area contributed by atoms with Gasteiger partial charge in [0.05, 0.1) is 13.4 Å². The largest absolute Gasteiger partial charge is 0.573 e. The van der Waals surface area contributed by atoms with E-state index in [2.05, 4.69) is 10.1 Å². The highest BCUT2D eigenvalue weighted by atomic mass is 19.4. The molecule has 3 aromatic carbocycles. The summed E-state index contributed by atoms with van der Waals surface area (Å²) >= 11 is 0. The third-order valence-corrected chi connectivity index (χ3v) is 5.46. The molecule has 0 unspecified atom stereocenters. The van der Waals surface area contributed by atoms with Crippen LogP contribution < -0.4 is 14.8 Å². The zero-order valence-corrected chi connectivity index (χ0v) is 19.2. The maximum atomic E-state index is 12.6. The Bertz CT molecular complexity index is 1390. The first-order valence-electron chi connectivity index (χ1n) is 10.7. The summed E-state index contributed by atoms with van der Waals surface area (Å²) in [5.74, 6) is -0.228. The van der Waals surface area contributed by atoms with Crippen molar-refractivity contribution in [3.63, 3.8) is 0 Å². The van der Waals surface area contributed by atoms with Crippen molar-refractivity contribution in [2.45, 2.75) is 20.2 Å². The second kappa shape index (κ2) is 9.58. The lowest BCUT2D eigenvalue weighted by Crippen LogP contribution is -2.17. The first-order chi connectivity index (χ1) is 16.7. The van der Waals surface area contributed by atoms with Crippen molar-refractivity contribution in [1.29, 1.82) is 0 Å². The van der Waals surface area contributed by atoms with E-state index in [1.165, 1.54) is 18.2 Å². The smallest absolute Gasteiger partial charge is 0.496 e. The monoisotopic (exact) mass is 481 g/mol. The van der Waals surface area contributed by atoms with Gasteiger partial charge in [0.25, 0.3) is 0 Å². The van der Waals surface area contributed by atoms with E-state index in [1.54, 1.807) is 20.3 Å². The number of alkyl halides is 3. The maximum Gasteiger partial charge on any atom is 0.573 e. The first kappa shape index (κ1) is 23.9. The number of rotatable bonds is 6. The third-order valence-electron chi connectivity index (χ3n) is 5.46. The fourth-order valence-corrected chi connectivity index (χ4v) is 3.91. The number of aryl methyl sites for hydroxylation is 1. The van der Waals surface area contributed by atoms with Crippen LogP contribution in [0.25, 0.3) is 27.7 Å². The first-order valence-corrected chi connectivity index (χ1v) is 10.7. The number of halogens is 3. The fourth-order valence-electron chi connectivity index (χ4n) is 3.91. The van der Waals surface area contributed by atoms with Gasteiger partial charge in [-0.1, -0.05) is 30.3 Å². The Morgan fingerprint density at radius 1 is 1.06 bits per heavy atom. The van der Waals surface area contributed by atoms with E-state index in [1.807, 2.05) is 43.3 Å². The zero-order valence-electron chi connectivity index (χ0n) is 19.2. The van der Waals surface area contributed by atoms with Gasteiger partial charge in [-0.3, -0.25) is 4.79 Å². The molecule has 5 nitrogen and oxygen atoms in total. The van der Waals surface area contributed by atoms with Crippen LogP contribution in [-0.2, 0) is 4.79 Å². The number of benzene rings is 3. The summed E-state index contributed by atoms with van der Waals surface area (Å²) in [4.78, 5) is 12.6. The van der Waals surface area contributed by atoms with Crippen molar-refractivity contribution in [2.24, 2.45) is 0 Å². The quantitative estimate of drug-likeness (QED) is 0.292. The van der Waals surface area contributed by atoms with E-state index in [9.17, 15) is 18.0 Å². The van der Waals surface area contributed by atoms with Crippen LogP contribution in [0.5, 0.6) is 11.5 Å². The molecule has 0 aliphatic rings. The van der Waals surface area contributed by atoms with Crippen molar-refractivity contribution in [3.05, 3.63) is 84.1 Å². The van der Waals surface area contributed by atoms with Gasteiger partial charge in [0.1, 0.15) is 17.1 Å². The maximum absolute atomic E-state index is 12.6. The van der Waals surface area contributed by atoms with E-state index in [4.69, 9.17) is 9.15 Å². The Hall–Kier alpha value is -4.20. The number of hydrogen-bond donors (Lipinski definition) is 1. The van der Waals surface area contributed by atoms with Gasteiger partial charge in [-0.25, -0.2) is 0 Å². The molecule has 1 aromatic heterocycles. The molecule has 0 aliphatic heterocycles. The van der Waals surface area contributed by atoms with Crippen LogP contribution in [0.4, 0.5) is 18.9 Å². The van der Waals surface area contributed by atoms with Crippen LogP contribution >= 0.6 is 0 Å². The number of ether oxygens (including phenoxy) is 2. The Morgan fingerprint density at radius 3 is 2.37 bits per heavy atom. The molecule has 0 atom stereocenters. The van der Waals surface area contributed by atoms with Gasteiger partial charge in [0.15, 0.2) is 0 Å². The second-order valence-electron chi connectivity index (χ2n) is 7.86. The van der Waals surface area contributed by atoms with Crippen LogP contribution in [0, 0.1) is 6.92 Å². The van der Waals surface area contributed by atoms with E-state index >= 15 is 0 Å². The highest BCUT2D eigenvalue weighted by molar-refractivity contribution is 6.06. The lowest BCUT2D eigenvalue weighted by molar-refractivity contribution is -0.274. The standard InChI is InChI=1S/C27H22F3NO4/c1-16(13-24(32)31-19-9-11-20(12-10-19)35-27(28,29)30)21-14-22-23(18-7-5-4-6-8-18)15-34-26(22)17(2)25(21)33-3/h4-15H,1-3H3,(H,31,32)/b16-13+. The summed E-state index contributed by atoms with van der Waals surface area (Å²) in [7, 11) is 1.55. The molecule has 1 amide bonds. The van der Waals surface area contributed by atoms with Crippen molar-refractivity contribution in [2.75, 3.05) is 12.4 Å². The minimum atomic E-state index is -4.78. The molecule has 8 heteroatoms. The predicted molar refractivity (Wildman–Crippen MR) is 128 cm³/mol. The SMILES string of the molecule is COc1c(/C(C)=C/C(=O)Nc2ccc(OC(F)(F)F)cc2)cc2c(-c3ccccc3)coc2c1C. The molecule has 35 heavy (non-hydrogen) atoms. The van der Waals surface area contributed by atoms with Crippen LogP contribution in [0.2, 0.25) is 0 Å². The van der Waals surface area contributed by atoms with Crippen LogP contribution in [0.1, 0.15) is 18.1 Å². The van der Waals surface area contributed by atoms with Gasteiger partial charge in [0, 0.05) is 33.8 Å². The van der Waals surface area contributed by atoms with Crippen molar-refractivity contribution >= 4 is 28.1 Å². The van der Waals surface area contributed by atoms with Crippen LogP contribution in [0.15, 0.2) is 77.4 Å². The number of methoxy groups -OCH3 is 1. The number of anilines is 1. The number of hydrogen-bond acceptors (Lipinski definition) is 4. The van der Waals surface area contributed by atoms with Gasteiger partial charge in [-0.05, 0) is 55.3 Å². The van der Waals surface area contributed by atoms with Gasteiger partial charge >= 0.3 is 6.36 Å². The van der Waals surface area contributed by atoms with Crippen molar-refractivity contribution in [3.8, 4) is 22.6 Å². The van der Waals surface area contributed by atoms with Crippen LogP contribution in [0.3, 0.4) is 0 Å². The Morgan fingerprint density at radius 2 is 1.74 bits per heavy atom. The van der Waals surface area contributed by atoms with Crippen molar-refractivity contribution < 1.29 is 31.9 Å². The van der Waals surface area contributed by atoms with E-state index in [0.717, 1.165) is 39.8 Å². The summed E-state index contributed by atoms with van der Waals surface area (Å²) in [5.41, 5.74) is 5.11. The average molecular weight is 481 g/mol. The van der Waals surface area contributed by atoms with Crippen LogP contribution in [-0.4, -0.2) is 19.4 Å². The normalized spacial score (nSPS) is 12.0. The summed E-state index contributed by atoms with van der Waals surface area (Å²) in [6.07, 6.45) is -1.67. The molecule has 4 aromatic rings. The second-order valence-corrected chi connectivity index (χ2v) is 7.86. The number of carbonyl (C=O) groups is 1. The Labute approximate surface area is 199 Å². The third kappa shape index (κ3) is 5.32. The number of carbonyl (C=O) groups excluding carboxylic acids is 1. The molecule has 1 N–H and O–H groups in total. The molecule has 0 aliphatic carbocycles. The number of allylic oxidation sites excluding steroid dienone is 1. The molecular formula is C27H22F3NO4. The lowest BCUT2D eigenvalue weighted by Gasteiger charge is -2.13. The lowest BCUT2D eigenvalue weighted by atomic mass is 9.96. The molecule has 0 saturated carbocycles. The summed E-state index contributed by atoms with van der Waals surface area (Å²) in [6.45, 7) is 3.67. The average Bonchev–Trinajstić information content (AvgIpc) is 3.24. The Balaban J connectivity index is 1.63. The molecule has 1 heterocycles. The van der Waals surface area contributed by atoms with E-state index in [-0.39, 0.29) is 5.75 Å². The number of fused-ring (bicyclic) bond motifs is 1. The number of nitrogens with one attached hydrogen (secondary N) is 1. The highest BCUT2D eigenvalue weighted by Gasteiger charge is 2.31. The topological polar surface area (TPSA) is 60.7 Å². The van der Waals surface area contributed by atoms with Gasteiger partial charge < -0.3 is 19.2 Å². The number of furan rings is 1. The van der Waals surface area contributed by atoms with Gasteiger partial charge in [-0.2, -0.15) is 0 Å². The van der Waals surface area contributed by atoms with E-state index < -0.39 is 12.3 Å². The molecule has 0 saturated heterocycles. The van der Waals surface area contributed by atoms with Gasteiger partial charge in [0.2, 0.25) is 5.91 Å². The molecular weight excluding hydrogens is 459 g/mol.